The quantitative estimate of drug-likeness (QED) is 0.605. The van der Waals surface area contributed by atoms with Gasteiger partial charge in [-0.3, -0.25) is 14.9 Å². The molecule has 2 N–H and O–H groups in total. The molecule has 9 nitrogen and oxygen atoms in total. The van der Waals surface area contributed by atoms with E-state index in [0.717, 1.165) is 17.8 Å². The number of nitrogens with one attached hydrogen (secondary N) is 1. The van der Waals surface area contributed by atoms with Crippen LogP contribution in [0.5, 0.6) is 0 Å². The maximum absolute atomic E-state index is 12.3. The van der Waals surface area contributed by atoms with E-state index in [1.807, 2.05) is 6.92 Å². The number of carboxylic acid groups (broad SMARTS) is 1. The Kier molecular flexibility index (Phi) is 4.84. The molecule has 0 unspecified atom stereocenters. The highest BCUT2D eigenvalue weighted by Gasteiger charge is 2.27. The largest absolute Gasteiger partial charge is 0.480 e. The van der Waals surface area contributed by atoms with Crippen LogP contribution in [0, 0.1) is 16.0 Å². The SMILES string of the molecule is CC[C@H](C)[C@H](NC(=O)c1cc([N+](=O)[O-])c2nsnc2c1)C(=O)O. The zero-order valence-corrected chi connectivity index (χ0v) is 13.2. The highest BCUT2D eigenvalue weighted by atomic mass is 32.1. The van der Waals surface area contributed by atoms with Gasteiger partial charge in [0.1, 0.15) is 11.6 Å². The summed E-state index contributed by atoms with van der Waals surface area (Å²) in [4.78, 5) is 34.0. The summed E-state index contributed by atoms with van der Waals surface area (Å²) in [5, 5.41) is 22.7. The molecule has 1 heterocycles. The van der Waals surface area contributed by atoms with Gasteiger partial charge >= 0.3 is 5.97 Å². The molecule has 0 fully saturated rings. The van der Waals surface area contributed by atoms with Crippen molar-refractivity contribution in [3.63, 3.8) is 0 Å². The lowest BCUT2D eigenvalue weighted by Crippen LogP contribution is -2.45. The normalized spacial score (nSPS) is 13.5. The molecule has 2 aromatic rings. The number of hydrogen-bond acceptors (Lipinski definition) is 7. The maximum atomic E-state index is 12.3. The van der Waals surface area contributed by atoms with Crippen molar-refractivity contribution in [2.75, 3.05) is 0 Å². The van der Waals surface area contributed by atoms with Crippen LogP contribution in [0.1, 0.15) is 30.6 Å². The number of benzene rings is 1. The van der Waals surface area contributed by atoms with Crippen molar-refractivity contribution in [3.05, 3.63) is 27.8 Å². The summed E-state index contributed by atoms with van der Waals surface area (Å²) in [7, 11) is 0. The van der Waals surface area contributed by atoms with Crippen LogP contribution < -0.4 is 5.32 Å². The maximum Gasteiger partial charge on any atom is 0.326 e. The van der Waals surface area contributed by atoms with E-state index in [-0.39, 0.29) is 28.2 Å². The molecule has 122 valence electrons. The van der Waals surface area contributed by atoms with Crippen LogP contribution in [0.25, 0.3) is 11.0 Å². The molecule has 1 aromatic heterocycles. The van der Waals surface area contributed by atoms with Crippen molar-refractivity contribution in [2.45, 2.75) is 26.3 Å². The fourth-order valence-corrected chi connectivity index (χ4v) is 2.59. The Bertz CT molecular complexity index is 775. The number of nitro groups is 1. The van der Waals surface area contributed by atoms with E-state index in [1.165, 1.54) is 6.07 Å². The summed E-state index contributed by atoms with van der Waals surface area (Å²) in [6.07, 6.45) is 0.562. The van der Waals surface area contributed by atoms with Gasteiger partial charge in [0.05, 0.1) is 16.7 Å². The molecular formula is C13H14N4O5S. The average Bonchev–Trinajstić information content (AvgIpc) is 2.98. The summed E-state index contributed by atoms with van der Waals surface area (Å²) in [6.45, 7) is 3.51. The Labute approximate surface area is 134 Å². The van der Waals surface area contributed by atoms with E-state index >= 15 is 0 Å². The number of fused-ring (bicyclic) bond motifs is 1. The van der Waals surface area contributed by atoms with Crippen LogP contribution in [0.3, 0.4) is 0 Å². The molecule has 2 atom stereocenters. The summed E-state index contributed by atoms with van der Waals surface area (Å²) in [5.41, 5.74) is -0.0266. The number of carbonyl (C=O) groups excluding carboxylic acids is 1. The predicted molar refractivity (Wildman–Crippen MR) is 82.4 cm³/mol. The first kappa shape index (κ1) is 16.7. The zero-order chi connectivity index (χ0) is 17.1. The Hall–Kier alpha value is -2.62. The van der Waals surface area contributed by atoms with Crippen LogP contribution in [0.4, 0.5) is 5.69 Å². The van der Waals surface area contributed by atoms with Crippen LogP contribution in [-0.2, 0) is 4.79 Å². The van der Waals surface area contributed by atoms with Crippen LogP contribution in [-0.4, -0.2) is 36.7 Å². The molecule has 0 aliphatic heterocycles. The molecule has 1 amide bonds. The topological polar surface area (TPSA) is 135 Å². The Balaban J connectivity index is 2.37. The lowest BCUT2D eigenvalue weighted by Gasteiger charge is -2.20. The molecule has 0 spiro atoms. The number of aliphatic carboxylic acids is 1. The number of non-ortho nitro benzene ring substituents is 1. The molecule has 2 rings (SSSR count). The van der Waals surface area contributed by atoms with Crippen molar-refractivity contribution in [1.82, 2.24) is 14.1 Å². The third-order valence-electron chi connectivity index (χ3n) is 3.57. The van der Waals surface area contributed by atoms with E-state index in [0.29, 0.717) is 6.42 Å². The number of aromatic nitrogens is 2. The second kappa shape index (κ2) is 6.65. The van der Waals surface area contributed by atoms with Gasteiger partial charge in [-0.05, 0) is 12.0 Å². The van der Waals surface area contributed by atoms with Crippen LogP contribution in [0.15, 0.2) is 12.1 Å². The van der Waals surface area contributed by atoms with Gasteiger partial charge in [0, 0.05) is 11.6 Å². The van der Waals surface area contributed by atoms with Gasteiger partial charge in [-0.2, -0.15) is 8.75 Å². The molecule has 0 radical (unpaired) electrons. The third kappa shape index (κ3) is 3.42. The van der Waals surface area contributed by atoms with Crippen molar-refractivity contribution < 1.29 is 19.6 Å². The number of nitro benzene ring substituents is 1. The van der Waals surface area contributed by atoms with Crippen molar-refractivity contribution in [2.24, 2.45) is 5.92 Å². The molecule has 10 heteroatoms. The second-order valence-corrected chi connectivity index (χ2v) is 5.59. The smallest absolute Gasteiger partial charge is 0.326 e. The lowest BCUT2D eigenvalue weighted by atomic mass is 9.99. The summed E-state index contributed by atoms with van der Waals surface area (Å²) in [6, 6.07) is 1.36. The molecular weight excluding hydrogens is 324 g/mol. The average molecular weight is 338 g/mol. The molecule has 0 saturated heterocycles. The van der Waals surface area contributed by atoms with Crippen molar-refractivity contribution >= 4 is 40.3 Å². The molecule has 23 heavy (non-hydrogen) atoms. The number of hydrogen-bond donors (Lipinski definition) is 2. The second-order valence-electron chi connectivity index (χ2n) is 5.06. The number of carbonyl (C=O) groups is 2. The summed E-state index contributed by atoms with van der Waals surface area (Å²) in [5.74, 6) is -2.13. The van der Waals surface area contributed by atoms with E-state index in [2.05, 4.69) is 14.1 Å². The van der Waals surface area contributed by atoms with Crippen molar-refractivity contribution in [3.8, 4) is 0 Å². The minimum absolute atomic E-state index is 0.0218. The Morgan fingerprint density at radius 3 is 2.70 bits per heavy atom. The van der Waals surface area contributed by atoms with Crippen LogP contribution >= 0.6 is 11.7 Å². The standard InChI is InChI=1S/C13H14N4O5S/c1-3-6(2)10(13(19)20)14-12(18)7-4-8-11(16-23-15-8)9(5-7)17(21)22/h4-6,10H,3H2,1-2H3,(H,14,18)(H,19,20)/t6-,10-/m0/s1. The van der Waals surface area contributed by atoms with Gasteiger partial charge in [0.25, 0.3) is 11.6 Å². The van der Waals surface area contributed by atoms with E-state index < -0.39 is 22.8 Å². The first-order valence-electron chi connectivity index (χ1n) is 6.79. The first-order chi connectivity index (χ1) is 10.8. The van der Waals surface area contributed by atoms with Crippen LogP contribution in [0.2, 0.25) is 0 Å². The van der Waals surface area contributed by atoms with Gasteiger partial charge in [0.15, 0.2) is 5.52 Å². The number of nitrogens with zero attached hydrogens (tertiary/aromatic N) is 3. The predicted octanol–water partition coefficient (Wildman–Crippen LogP) is 1.83. The monoisotopic (exact) mass is 338 g/mol. The zero-order valence-electron chi connectivity index (χ0n) is 12.3. The van der Waals surface area contributed by atoms with Gasteiger partial charge in [-0.15, -0.1) is 0 Å². The summed E-state index contributed by atoms with van der Waals surface area (Å²) >= 11 is 0.802. The fourth-order valence-electron chi connectivity index (χ4n) is 2.05. The highest BCUT2D eigenvalue weighted by Crippen LogP contribution is 2.26. The van der Waals surface area contributed by atoms with Gasteiger partial charge in [-0.25, -0.2) is 4.79 Å². The van der Waals surface area contributed by atoms with E-state index in [4.69, 9.17) is 0 Å². The highest BCUT2D eigenvalue weighted by molar-refractivity contribution is 7.00. The third-order valence-corrected chi connectivity index (χ3v) is 4.11. The van der Waals surface area contributed by atoms with E-state index in [1.54, 1.807) is 6.92 Å². The number of carboxylic acids is 1. The lowest BCUT2D eigenvalue weighted by molar-refractivity contribution is -0.383. The number of rotatable bonds is 6. The van der Waals surface area contributed by atoms with E-state index in [9.17, 15) is 24.8 Å². The number of amides is 1. The Morgan fingerprint density at radius 2 is 2.13 bits per heavy atom. The fraction of sp³-hybridized carbons (Fsp3) is 0.385. The van der Waals surface area contributed by atoms with Gasteiger partial charge in [-0.1, -0.05) is 20.3 Å². The molecule has 0 aliphatic carbocycles. The first-order valence-corrected chi connectivity index (χ1v) is 7.52. The summed E-state index contributed by atoms with van der Waals surface area (Å²) < 4.78 is 7.73. The van der Waals surface area contributed by atoms with Gasteiger partial charge in [0.2, 0.25) is 0 Å². The molecule has 0 saturated carbocycles. The molecule has 0 aliphatic rings. The minimum atomic E-state index is -1.15. The minimum Gasteiger partial charge on any atom is -0.480 e. The van der Waals surface area contributed by atoms with Crippen molar-refractivity contribution in [1.29, 1.82) is 0 Å². The van der Waals surface area contributed by atoms with Gasteiger partial charge < -0.3 is 10.4 Å². The molecule has 0 bridgehead atoms. The molecule has 1 aromatic carbocycles. The Morgan fingerprint density at radius 1 is 1.43 bits per heavy atom.